The number of hydrogen-bond acceptors (Lipinski definition) is 12. The summed E-state index contributed by atoms with van der Waals surface area (Å²) < 4.78 is 24.9. The summed E-state index contributed by atoms with van der Waals surface area (Å²) in [5, 5.41) is 20.1. The minimum atomic E-state index is -1.26. The molecular weight excluding hydrogens is 1830 g/mol. The molecule has 12 aromatic rings. The van der Waals surface area contributed by atoms with Crippen LogP contribution in [0.2, 0.25) is 25.1 Å². The summed E-state index contributed by atoms with van der Waals surface area (Å²) in [6, 6.07) is 59.3. The maximum atomic E-state index is 15.0. The first-order chi connectivity index (χ1) is 63.3. The van der Waals surface area contributed by atoms with Gasteiger partial charge < -0.3 is 69.9 Å². The first kappa shape index (κ1) is 93.0. The Kier molecular flexibility index (Phi) is 28.7. The Morgan fingerprint density at radius 1 is 0.420 bits per heavy atom. The molecule has 6 aliphatic rings. The van der Waals surface area contributed by atoms with Crippen molar-refractivity contribution >= 4 is 179 Å². The zero-order chi connectivity index (χ0) is 92.0. The number of aromatic amines is 3. The maximum absolute atomic E-state index is 15.0. The number of piperidine rings is 1. The van der Waals surface area contributed by atoms with Gasteiger partial charge in [-0.2, -0.15) is 0 Å². The van der Waals surface area contributed by atoms with Gasteiger partial charge in [0.05, 0.1) is 60.1 Å². The molecule has 0 saturated carbocycles. The molecule has 676 valence electrons. The highest BCUT2D eigenvalue weighted by atomic mass is 35.5. The first-order valence-electron chi connectivity index (χ1n) is 43.1. The van der Waals surface area contributed by atoms with E-state index < -0.39 is 50.1 Å². The molecule has 6 aliphatic heterocycles. The summed E-state index contributed by atoms with van der Waals surface area (Å²) in [6.07, 6.45) is 6.00. The predicted molar refractivity (Wildman–Crippen MR) is 511 cm³/mol. The lowest BCUT2D eigenvalue weighted by Gasteiger charge is -2.42. The van der Waals surface area contributed by atoms with Gasteiger partial charge in [-0.15, -0.1) is 35.3 Å². The van der Waals surface area contributed by atoms with Crippen LogP contribution in [-0.2, 0) is 48.4 Å². The highest BCUT2D eigenvalue weighted by Gasteiger charge is 2.63. The number of aromatic nitrogens is 3. The number of benzene rings is 9. The third-order valence-corrected chi connectivity index (χ3v) is 30.3. The van der Waals surface area contributed by atoms with Crippen molar-refractivity contribution in [2.45, 2.75) is 119 Å². The van der Waals surface area contributed by atoms with Crippen molar-refractivity contribution < 1.29 is 52.2 Å². The van der Waals surface area contributed by atoms with E-state index in [4.69, 9.17) is 64.6 Å². The molecule has 33 heteroatoms. The lowest BCUT2D eigenvalue weighted by atomic mass is 9.89. The van der Waals surface area contributed by atoms with E-state index in [0.717, 1.165) is 69.6 Å². The minimum Gasteiger partial charge on any atom is -0.393 e. The molecule has 9 heterocycles. The number of aliphatic hydroxyl groups excluding tert-OH is 1. The van der Waals surface area contributed by atoms with Gasteiger partial charge in [-0.25, -0.2) is 23.2 Å². The van der Waals surface area contributed by atoms with Gasteiger partial charge >= 0.3 is 12.1 Å². The van der Waals surface area contributed by atoms with Crippen LogP contribution in [0.3, 0.4) is 0 Å². The highest BCUT2D eigenvalue weighted by molar-refractivity contribution is 8.02. The zero-order valence-corrected chi connectivity index (χ0v) is 77.7. The van der Waals surface area contributed by atoms with E-state index in [1.807, 2.05) is 188 Å². The Morgan fingerprint density at radius 3 is 1.11 bits per heavy atom. The Hall–Kier alpha value is -11.2. The Morgan fingerprint density at radius 2 is 0.756 bits per heavy atom. The largest absolute Gasteiger partial charge is 0.393 e. The Bertz CT molecular complexity index is 6320. The van der Waals surface area contributed by atoms with Crippen LogP contribution >= 0.6 is 93.3 Å². The maximum Gasteiger partial charge on any atom is 0.317 e. The number of carbonyl (C=O) groups excluding carboxylic acids is 8. The van der Waals surface area contributed by atoms with Crippen molar-refractivity contribution in [2.75, 3.05) is 78.5 Å². The number of H-pyrrole nitrogens is 3. The predicted octanol–water partition coefficient (Wildman–Crippen LogP) is 19.3. The van der Waals surface area contributed by atoms with E-state index in [0.29, 0.717) is 123 Å². The summed E-state index contributed by atoms with van der Waals surface area (Å²) in [5.74, 6) is -2.10. The second-order valence-electron chi connectivity index (χ2n) is 33.0. The summed E-state index contributed by atoms with van der Waals surface area (Å²) in [4.78, 5) is 142. The molecule has 0 radical (unpaired) electrons. The number of amides is 10. The minimum absolute atomic E-state index is 0.00278. The molecule has 3 aromatic heterocycles. The summed E-state index contributed by atoms with van der Waals surface area (Å²) in [5.41, 5.74) is 7.39. The third kappa shape index (κ3) is 19.7. The number of carbonyl (C=O) groups is 8. The zero-order valence-electron chi connectivity index (χ0n) is 71.4. The van der Waals surface area contributed by atoms with Gasteiger partial charge in [-0.3, -0.25) is 28.8 Å². The van der Waals surface area contributed by atoms with Gasteiger partial charge in [0.25, 0.3) is 0 Å². The number of urea groups is 2. The van der Waals surface area contributed by atoms with E-state index in [1.165, 1.54) is 59.6 Å². The number of likely N-dealkylation sites (tertiary alicyclic amines) is 4. The number of hydrogen-bond donors (Lipinski definition) is 6. The van der Waals surface area contributed by atoms with E-state index in [2.05, 4.69) is 30.4 Å². The molecule has 10 amide bonds. The van der Waals surface area contributed by atoms with E-state index in [-0.39, 0.29) is 96.4 Å². The van der Waals surface area contributed by atoms with Gasteiger partial charge in [0.1, 0.15) is 25.9 Å². The van der Waals surface area contributed by atoms with Crippen LogP contribution in [-0.4, -0.2) is 206 Å². The van der Waals surface area contributed by atoms with Crippen LogP contribution in [0.4, 0.5) is 24.1 Å². The van der Waals surface area contributed by atoms with E-state index in [1.54, 1.807) is 65.8 Å². The number of fused-ring (bicyclic) bond motifs is 3. The molecule has 9 aromatic carbocycles. The number of rotatable bonds is 20. The first-order valence-corrected chi connectivity index (χ1v) is 47.5. The highest BCUT2D eigenvalue weighted by Crippen LogP contribution is 2.59. The van der Waals surface area contributed by atoms with Crippen LogP contribution in [0.5, 0.6) is 0 Å². The molecule has 6 N–H and O–H groups in total. The molecule has 6 atom stereocenters. The van der Waals surface area contributed by atoms with Gasteiger partial charge in [0.15, 0.2) is 5.69 Å². The number of thioether (sulfide) groups is 3. The SMILES string of the molecule is CCNC(=O)N1CCN(C(=O)[C@]2(Sc3ccccc3)CC(=O)N(Cc3ccc(F)c(Cl)c3)[C@H]2c2c[nH]c3cc(Cl)ccc23)CC1.O=C1C[C@@](Sc2ccccc2)(C(=O)N2CCC(O)CC2)[C@H](c2c[nH]c3cc(Cl)ccc23)N1Cc1ccc(Cl)c(F)c1.[C-]#[N+]c1ccc(CN2C(=O)C[C@@](Sc3ccccc3)(C(=O)N3CCN(C(=O)NCC)CC3)[C@@H]2c2c[nH]c3cc(Cl)ccc23)cc1. The molecule has 6 saturated heterocycles. The number of nitrogens with one attached hydrogen (secondary N) is 5. The molecule has 131 heavy (non-hydrogen) atoms. The Balaban J connectivity index is 0.000000144. The molecule has 23 nitrogen and oxygen atoms in total. The summed E-state index contributed by atoms with van der Waals surface area (Å²) in [7, 11) is 0. The average molecular weight is 1920 g/mol. The van der Waals surface area contributed by atoms with Crippen molar-refractivity contribution in [3.8, 4) is 0 Å². The van der Waals surface area contributed by atoms with Crippen molar-refractivity contribution in [1.82, 2.24) is 64.8 Å². The topological polar surface area (TPSA) is 258 Å². The molecule has 18 rings (SSSR count). The molecule has 0 aliphatic carbocycles. The van der Waals surface area contributed by atoms with Crippen LogP contribution in [0, 0.1) is 18.2 Å². The lowest BCUT2D eigenvalue weighted by molar-refractivity contribution is -0.137. The molecular formula is C98H93Cl5F2N14O9S3. The second-order valence-corrected chi connectivity index (χ2v) is 39.4. The van der Waals surface area contributed by atoms with Crippen molar-refractivity contribution in [2.24, 2.45) is 0 Å². The molecule has 0 bridgehead atoms. The summed E-state index contributed by atoms with van der Waals surface area (Å²) >= 11 is 35.2. The third-order valence-electron chi connectivity index (χ3n) is 24.8. The number of halogens is 7. The van der Waals surface area contributed by atoms with Gasteiger partial charge in [0.2, 0.25) is 35.4 Å². The quantitative estimate of drug-likeness (QED) is 0.0390. The fourth-order valence-corrected chi connectivity index (χ4v) is 23.9. The Labute approximate surface area is 793 Å². The smallest absolute Gasteiger partial charge is 0.317 e. The number of nitrogens with zero attached hydrogens (tertiary/aromatic N) is 9. The van der Waals surface area contributed by atoms with Crippen molar-refractivity contribution in [3.63, 3.8) is 0 Å². The van der Waals surface area contributed by atoms with Crippen LogP contribution in [0.25, 0.3) is 37.6 Å². The normalized spacial score (nSPS) is 20.6. The van der Waals surface area contributed by atoms with Gasteiger partial charge in [0, 0.05) is 196 Å². The fraction of sp³-hybridized carbons (Fsp3) is 0.296. The number of aliphatic hydroxyl groups is 1. The fourth-order valence-electron chi connectivity index (χ4n) is 18.5. The van der Waals surface area contributed by atoms with E-state index >= 15 is 0 Å². The van der Waals surface area contributed by atoms with Crippen LogP contribution < -0.4 is 10.6 Å². The van der Waals surface area contributed by atoms with E-state index in [9.17, 15) is 52.2 Å². The van der Waals surface area contributed by atoms with Crippen LogP contribution in [0.1, 0.15) is 97.5 Å². The molecule has 0 spiro atoms. The van der Waals surface area contributed by atoms with Crippen molar-refractivity contribution in [3.05, 3.63) is 306 Å². The van der Waals surface area contributed by atoms with Gasteiger partial charge in [-0.05, 0) is 140 Å². The molecule has 0 unspecified atom stereocenters. The average Bonchev–Trinajstić information content (AvgIpc) is 1.58. The lowest BCUT2D eigenvalue weighted by Crippen LogP contribution is -2.58. The molecule has 6 fully saturated rings. The van der Waals surface area contributed by atoms with Crippen LogP contribution in [0.15, 0.2) is 240 Å². The van der Waals surface area contributed by atoms with Gasteiger partial charge in [-0.1, -0.05) is 167 Å². The second kappa shape index (κ2) is 40.5. The standard InChI is InChI=1S/C34H33ClN6O3S.C33H32Cl2FN5O3S.C31H28Cl2FN3O3S/c1-3-37-33(44)40-17-15-39(16-18-40)32(43)34(45-26-7-5-4-6-8-26)20-30(42)41(22-23-9-12-25(36-2)13-10-23)31(34)28-21-38-29-19-24(35)11-14-27(28)29;1-2-37-32(44)40-14-12-39(13-15-40)31(43)33(45-23-6-4-3-5-7-23)18-29(42)41(20-21-8-11-27(36)26(35)16-21)30(33)25-19-38-28-17-22(34)9-10-24(25)28;32-20-7-8-23-24(17-35-27(23)15-20)29-31(41-22-4-2-1-3-5-22,30(40)36-12-10-21(38)11-13-36)16-28(39)37(29)18-19-6-9-25(33)26(34)14-19/h4-14,19,21,31,38H,3,15-18,20,22H2,1H3,(H,37,44);3-11,16-17,19,30,38H,2,12-15,18,20H2,1H3,(H,37,44);1-9,14-15,17,21,29,35,38H,10-13,16,18H2/t31-,34-;30-,33-;29-,31-/m000/s1. The monoisotopic (exact) mass is 1920 g/mol. The summed E-state index contributed by atoms with van der Waals surface area (Å²) in [6.45, 7) is 16.4. The number of piperazine rings is 2. The van der Waals surface area contributed by atoms with Crippen molar-refractivity contribution in [1.29, 1.82) is 0 Å².